The van der Waals surface area contributed by atoms with E-state index in [9.17, 15) is 13.2 Å². The quantitative estimate of drug-likeness (QED) is 0.623. The van der Waals surface area contributed by atoms with Gasteiger partial charge in [0.1, 0.15) is 0 Å². The number of aryl methyl sites for hydroxylation is 1. The van der Waals surface area contributed by atoms with Crippen LogP contribution in [0.1, 0.15) is 11.1 Å². The number of amides is 1. The predicted octanol–water partition coefficient (Wildman–Crippen LogP) is 3.84. The Labute approximate surface area is 164 Å². The molecular formula is C21H19N3O3S. The van der Waals surface area contributed by atoms with Gasteiger partial charge in [0.15, 0.2) is 0 Å². The van der Waals surface area contributed by atoms with E-state index in [2.05, 4.69) is 15.0 Å². The molecule has 1 amide bonds. The van der Waals surface area contributed by atoms with Crippen LogP contribution in [0.5, 0.6) is 0 Å². The summed E-state index contributed by atoms with van der Waals surface area (Å²) in [7, 11) is -3.73. The second-order valence-corrected chi connectivity index (χ2v) is 7.79. The van der Waals surface area contributed by atoms with Crippen LogP contribution in [0.15, 0.2) is 84.0 Å². The van der Waals surface area contributed by atoms with E-state index in [1.54, 1.807) is 24.4 Å². The molecule has 0 fully saturated rings. The fraction of sp³-hybridized carbons (Fsp3) is 0.0476. The van der Waals surface area contributed by atoms with E-state index in [1.165, 1.54) is 36.5 Å². The summed E-state index contributed by atoms with van der Waals surface area (Å²) in [5.41, 5.74) is 2.94. The Balaban J connectivity index is 1.63. The van der Waals surface area contributed by atoms with E-state index in [1.807, 2.05) is 31.2 Å². The third-order valence-corrected chi connectivity index (χ3v) is 5.25. The van der Waals surface area contributed by atoms with Crippen LogP contribution in [0.2, 0.25) is 0 Å². The molecule has 0 atom stereocenters. The summed E-state index contributed by atoms with van der Waals surface area (Å²) in [4.78, 5) is 16.0. The molecule has 0 aliphatic rings. The fourth-order valence-corrected chi connectivity index (χ4v) is 3.43. The van der Waals surface area contributed by atoms with Crippen molar-refractivity contribution in [3.63, 3.8) is 0 Å². The number of rotatable bonds is 6. The van der Waals surface area contributed by atoms with E-state index >= 15 is 0 Å². The van der Waals surface area contributed by atoms with E-state index in [0.29, 0.717) is 11.4 Å². The molecule has 2 N–H and O–H groups in total. The highest BCUT2D eigenvalue weighted by molar-refractivity contribution is 7.92. The van der Waals surface area contributed by atoms with Crippen molar-refractivity contribution in [2.45, 2.75) is 11.8 Å². The minimum atomic E-state index is -3.73. The first-order chi connectivity index (χ1) is 13.4. The van der Waals surface area contributed by atoms with Crippen molar-refractivity contribution in [3.8, 4) is 0 Å². The van der Waals surface area contributed by atoms with Crippen LogP contribution in [-0.4, -0.2) is 19.3 Å². The number of anilines is 2. The zero-order valence-electron chi connectivity index (χ0n) is 15.2. The van der Waals surface area contributed by atoms with Crippen molar-refractivity contribution in [1.29, 1.82) is 0 Å². The first-order valence-corrected chi connectivity index (χ1v) is 9.99. The van der Waals surface area contributed by atoms with Crippen LogP contribution in [0.4, 0.5) is 11.4 Å². The summed E-state index contributed by atoms with van der Waals surface area (Å²) < 4.78 is 27.2. The standard InChI is InChI=1S/C21H19N3O3S/c1-16-4-6-17(7-5-16)8-13-21(25)23-18-9-11-20(12-10-18)28(26,27)24-19-3-2-14-22-15-19/h2-15,24H,1H3,(H,23,25)/b13-8+. The first-order valence-electron chi connectivity index (χ1n) is 8.51. The predicted molar refractivity (Wildman–Crippen MR) is 110 cm³/mol. The largest absolute Gasteiger partial charge is 0.323 e. The minimum absolute atomic E-state index is 0.0875. The van der Waals surface area contributed by atoms with Gasteiger partial charge in [0.2, 0.25) is 5.91 Å². The monoisotopic (exact) mass is 393 g/mol. The topological polar surface area (TPSA) is 88.2 Å². The zero-order valence-corrected chi connectivity index (χ0v) is 16.0. The average molecular weight is 393 g/mol. The fourth-order valence-electron chi connectivity index (χ4n) is 2.39. The number of carbonyl (C=O) groups is 1. The molecule has 0 unspecified atom stereocenters. The second-order valence-electron chi connectivity index (χ2n) is 6.10. The molecule has 0 aliphatic carbocycles. The number of hydrogen-bond acceptors (Lipinski definition) is 4. The lowest BCUT2D eigenvalue weighted by atomic mass is 10.1. The Bertz CT molecular complexity index is 1080. The smallest absolute Gasteiger partial charge is 0.261 e. The van der Waals surface area contributed by atoms with Crippen molar-refractivity contribution in [1.82, 2.24) is 4.98 Å². The lowest BCUT2D eigenvalue weighted by Gasteiger charge is -2.08. The van der Waals surface area contributed by atoms with Crippen molar-refractivity contribution >= 4 is 33.4 Å². The molecule has 0 bridgehead atoms. The molecule has 0 aliphatic heterocycles. The third-order valence-electron chi connectivity index (χ3n) is 3.85. The van der Waals surface area contributed by atoms with Crippen LogP contribution in [0.25, 0.3) is 6.08 Å². The van der Waals surface area contributed by atoms with Gasteiger partial charge < -0.3 is 5.32 Å². The van der Waals surface area contributed by atoms with E-state index in [-0.39, 0.29) is 10.8 Å². The number of pyridine rings is 1. The van der Waals surface area contributed by atoms with Gasteiger partial charge in [0, 0.05) is 18.0 Å². The van der Waals surface area contributed by atoms with Crippen LogP contribution in [0.3, 0.4) is 0 Å². The number of sulfonamides is 1. The molecule has 142 valence electrons. The van der Waals surface area contributed by atoms with Crippen molar-refractivity contribution in [3.05, 3.63) is 90.3 Å². The Morgan fingerprint density at radius 1 is 0.964 bits per heavy atom. The highest BCUT2D eigenvalue weighted by atomic mass is 32.2. The summed E-state index contributed by atoms with van der Waals surface area (Å²) >= 11 is 0. The molecule has 0 saturated heterocycles. The van der Waals surface area contributed by atoms with Gasteiger partial charge in [-0.05, 0) is 55.0 Å². The molecule has 1 heterocycles. The van der Waals surface area contributed by atoms with E-state index < -0.39 is 10.0 Å². The molecule has 3 rings (SSSR count). The van der Waals surface area contributed by atoms with Crippen LogP contribution >= 0.6 is 0 Å². The highest BCUT2D eigenvalue weighted by Crippen LogP contribution is 2.17. The number of carbonyl (C=O) groups excluding carboxylic acids is 1. The number of nitrogens with one attached hydrogen (secondary N) is 2. The van der Waals surface area contributed by atoms with Crippen LogP contribution < -0.4 is 10.0 Å². The van der Waals surface area contributed by atoms with Crippen molar-refractivity contribution in [2.24, 2.45) is 0 Å². The van der Waals surface area contributed by atoms with Gasteiger partial charge in [-0.15, -0.1) is 0 Å². The van der Waals surface area contributed by atoms with E-state index in [4.69, 9.17) is 0 Å². The van der Waals surface area contributed by atoms with Gasteiger partial charge >= 0.3 is 0 Å². The summed E-state index contributed by atoms with van der Waals surface area (Å²) in [6, 6.07) is 17.0. The van der Waals surface area contributed by atoms with Gasteiger partial charge in [-0.2, -0.15) is 0 Å². The third kappa shape index (κ3) is 5.28. The van der Waals surface area contributed by atoms with Gasteiger partial charge in [-0.3, -0.25) is 14.5 Å². The molecule has 0 saturated carbocycles. The molecule has 28 heavy (non-hydrogen) atoms. The lowest BCUT2D eigenvalue weighted by molar-refractivity contribution is -0.111. The normalized spacial score (nSPS) is 11.3. The molecule has 0 radical (unpaired) electrons. The Morgan fingerprint density at radius 3 is 2.32 bits per heavy atom. The molecule has 6 nitrogen and oxygen atoms in total. The Hall–Kier alpha value is -3.45. The average Bonchev–Trinajstić information content (AvgIpc) is 2.68. The molecule has 3 aromatic rings. The van der Waals surface area contributed by atoms with Crippen molar-refractivity contribution < 1.29 is 13.2 Å². The summed E-state index contributed by atoms with van der Waals surface area (Å²) in [6.07, 6.45) is 6.12. The Morgan fingerprint density at radius 2 is 1.68 bits per heavy atom. The maximum absolute atomic E-state index is 12.4. The summed E-state index contributed by atoms with van der Waals surface area (Å²) in [5.74, 6) is -0.301. The molecular weight excluding hydrogens is 374 g/mol. The number of hydrogen-bond donors (Lipinski definition) is 2. The first kappa shape index (κ1) is 19.3. The Kier molecular flexibility index (Phi) is 5.86. The van der Waals surface area contributed by atoms with Gasteiger partial charge in [0.05, 0.1) is 16.8 Å². The van der Waals surface area contributed by atoms with Gasteiger partial charge in [0.25, 0.3) is 10.0 Å². The van der Waals surface area contributed by atoms with Crippen LogP contribution in [0, 0.1) is 6.92 Å². The number of aromatic nitrogens is 1. The molecule has 7 heteroatoms. The van der Waals surface area contributed by atoms with Crippen molar-refractivity contribution in [2.75, 3.05) is 10.0 Å². The van der Waals surface area contributed by atoms with Crippen LogP contribution in [-0.2, 0) is 14.8 Å². The maximum atomic E-state index is 12.4. The SMILES string of the molecule is Cc1ccc(/C=C/C(=O)Nc2ccc(S(=O)(=O)Nc3cccnc3)cc2)cc1. The number of nitrogens with zero attached hydrogens (tertiary/aromatic N) is 1. The van der Waals surface area contributed by atoms with Gasteiger partial charge in [-0.1, -0.05) is 29.8 Å². The van der Waals surface area contributed by atoms with E-state index in [0.717, 1.165) is 11.1 Å². The maximum Gasteiger partial charge on any atom is 0.261 e. The molecule has 2 aromatic carbocycles. The lowest BCUT2D eigenvalue weighted by Crippen LogP contribution is -2.13. The summed E-state index contributed by atoms with van der Waals surface area (Å²) in [5, 5.41) is 2.70. The minimum Gasteiger partial charge on any atom is -0.323 e. The van der Waals surface area contributed by atoms with Gasteiger partial charge in [-0.25, -0.2) is 8.42 Å². The summed E-state index contributed by atoms with van der Waals surface area (Å²) in [6.45, 7) is 2.00. The molecule has 0 spiro atoms. The number of benzene rings is 2. The molecule has 1 aromatic heterocycles. The second kappa shape index (κ2) is 8.49. The zero-order chi connectivity index (χ0) is 20.0. The highest BCUT2D eigenvalue weighted by Gasteiger charge is 2.14.